The summed E-state index contributed by atoms with van der Waals surface area (Å²) in [6.45, 7) is 0. The number of ether oxygens (including phenoxy) is 1. The Labute approximate surface area is 98.4 Å². The van der Waals surface area contributed by atoms with Gasteiger partial charge in [0.05, 0.1) is 5.57 Å². The first kappa shape index (κ1) is 9.78. The van der Waals surface area contributed by atoms with Crippen LogP contribution in [0.3, 0.4) is 0 Å². The molecule has 3 heteroatoms. The molecule has 2 aromatic rings. The van der Waals surface area contributed by atoms with Gasteiger partial charge < -0.3 is 4.74 Å². The fraction of sp³-hybridized carbons (Fsp3) is 0. The Morgan fingerprint density at radius 1 is 1.12 bits per heavy atom. The molecule has 0 fully saturated rings. The van der Waals surface area contributed by atoms with Gasteiger partial charge in [-0.05, 0) is 23.8 Å². The Hall–Kier alpha value is -2.42. The van der Waals surface area contributed by atoms with Crippen molar-refractivity contribution >= 4 is 17.6 Å². The van der Waals surface area contributed by atoms with E-state index in [0.717, 1.165) is 11.1 Å². The molecule has 0 N–H and O–H groups in total. The van der Waals surface area contributed by atoms with Crippen molar-refractivity contribution in [3.05, 3.63) is 59.9 Å². The smallest absolute Gasteiger partial charge is 0.344 e. The minimum Gasteiger partial charge on any atom is -0.422 e. The number of nitrogens with zero attached hydrogens (tertiary/aromatic N) is 1. The molecule has 0 saturated heterocycles. The van der Waals surface area contributed by atoms with E-state index in [4.69, 9.17) is 4.74 Å². The number of carbonyl (C=O) groups is 1. The second-order valence-electron chi connectivity index (χ2n) is 3.73. The quantitative estimate of drug-likeness (QED) is 0.423. The SMILES string of the molecule is O=C1Oc2ccccc2/C1=C/c1cccnc1. The lowest BCUT2D eigenvalue weighted by Gasteiger charge is -1.95. The molecule has 17 heavy (non-hydrogen) atoms. The number of fused-ring (bicyclic) bond motifs is 1. The van der Waals surface area contributed by atoms with Gasteiger partial charge in [-0.25, -0.2) is 4.79 Å². The number of carbonyl (C=O) groups excluding carboxylic acids is 1. The van der Waals surface area contributed by atoms with Crippen molar-refractivity contribution in [1.82, 2.24) is 4.98 Å². The molecule has 1 aliphatic rings. The molecule has 3 nitrogen and oxygen atoms in total. The van der Waals surface area contributed by atoms with Gasteiger partial charge in [-0.15, -0.1) is 0 Å². The van der Waals surface area contributed by atoms with Gasteiger partial charge in [0.15, 0.2) is 0 Å². The number of aromatic nitrogens is 1. The summed E-state index contributed by atoms with van der Waals surface area (Å²) in [5, 5.41) is 0. The summed E-state index contributed by atoms with van der Waals surface area (Å²) in [7, 11) is 0. The Morgan fingerprint density at radius 2 is 2.00 bits per heavy atom. The largest absolute Gasteiger partial charge is 0.422 e. The lowest BCUT2D eigenvalue weighted by Crippen LogP contribution is -2.00. The van der Waals surface area contributed by atoms with Gasteiger partial charge in [-0.1, -0.05) is 24.3 Å². The van der Waals surface area contributed by atoms with Crippen molar-refractivity contribution < 1.29 is 9.53 Å². The van der Waals surface area contributed by atoms with E-state index in [2.05, 4.69) is 4.98 Å². The molecular weight excluding hydrogens is 214 g/mol. The summed E-state index contributed by atoms with van der Waals surface area (Å²) in [6.07, 6.45) is 5.20. The number of esters is 1. The molecule has 1 aromatic carbocycles. The Kier molecular flexibility index (Phi) is 2.22. The zero-order valence-corrected chi connectivity index (χ0v) is 8.96. The highest BCUT2D eigenvalue weighted by Gasteiger charge is 2.25. The van der Waals surface area contributed by atoms with E-state index in [1.807, 2.05) is 30.3 Å². The number of hydrogen-bond acceptors (Lipinski definition) is 3. The van der Waals surface area contributed by atoms with Crippen LogP contribution < -0.4 is 4.74 Å². The maximum Gasteiger partial charge on any atom is 0.344 e. The first-order chi connectivity index (χ1) is 8.34. The summed E-state index contributed by atoms with van der Waals surface area (Å²) >= 11 is 0. The first-order valence-electron chi connectivity index (χ1n) is 5.28. The van der Waals surface area contributed by atoms with E-state index in [-0.39, 0.29) is 5.97 Å². The fourth-order valence-corrected chi connectivity index (χ4v) is 1.81. The van der Waals surface area contributed by atoms with E-state index in [9.17, 15) is 4.79 Å². The van der Waals surface area contributed by atoms with E-state index in [1.54, 1.807) is 24.5 Å². The number of pyridine rings is 1. The minimum atomic E-state index is -0.310. The van der Waals surface area contributed by atoms with Crippen molar-refractivity contribution in [2.24, 2.45) is 0 Å². The van der Waals surface area contributed by atoms with Crippen molar-refractivity contribution in [3.63, 3.8) is 0 Å². The molecule has 0 unspecified atom stereocenters. The third kappa shape index (κ3) is 1.72. The third-order valence-electron chi connectivity index (χ3n) is 2.60. The maximum atomic E-state index is 11.7. The zero-order valence-electron chi connectivity index (χ0n) is 8.96. The van der Waals surface area contributed by atoms with Crippen LogP contribution in [0, 0.1) is 0 Å². The molecule has 0 aliphatic carbocycles. The second kappa shape index (κ2) is 3.87. The lowest BCUT2D eigenvalue weighted by molar-refractivity contribution is -0.126. The van der Waals surface area contributed by atoms with Crippen LogP contribution in [0.5, 0.6) is 5.75 Å². The summed E-state index contributed by atoms with van der Waals surface area (Å²) in [5.41, 5.74) is 2.30. The summed E-state index contributed by atoms with van der Waals surface area (Å²) in [5.74, 6) is 0.308. The van der Waals surface area contributed by atoms with Crippen LogP contribution in [-0.2, 0) is 4.79 Å². The fourth-order valence-electron chi connectivity index (χ4n) is 1.81. The molecule has 0 bridgehead atoms. The van der Waals surface area contributed by atoms with Gasteiger partial charge in [0.1, 0.15) is 5.75 Å². The van der Waals surface area contributed by atoms with Crippen LogP contribution in [0.4, 0.5) is 0 Å². The van der Waals surface area contributed by atoms with Crippen LogP contribution in [0.15, 0.2) is 48.8 Å². The maximum absolute atomic E-state index is 11.7. The van der Waals surface area contributed by atoms with Crippen LogP contribution >= 0.6 is 0 Å². The Bertz CT molecular complexity index is 603. The van der Waals surface area contributed by atoms with Crippen LogP contribution in [0.1, 0.15) is 11.1 Å². The van der Waals surface area contributed by atoms with Crippen LogP contribution in [0.25, 0.3) is 11.6 Å². The summed E-state index contributed by atoms with van der Waals surface area (Å²) in [6, 6.07) is 11.1. The van der Waals surface area contributed by atoms with E-state index >= 15 is 0 Å². The Morgan fingerprint density at radius 3 is 2.82 bits per heavy atom. The topological polar surface area (TPSA) is 39.2 Å². The normalized spacial score (nSPS) is 15.8. The minimum absolute atomic E-state index is 0.310. The Balaban J connectivity index is 2.10. The zero-order chi connectivity index (χ0) is 11.7. The van der Waals surface area contributed by atoms with Crippen LogP contribution in [0.2, 0.25) is 0 Å². The molecule has 1 aliphatic heterocycles. The number of hydrogen-bond donors (Lipinski definition) is 0. The molecule has 0 atom stereocenters. The van der Waals surface area contributed by atoms with Gasteiger partial charge in [0, 0.05) is 18.0 Å². The molecule has 1 aromatic heterocycles. The average Bonchev–Trinajstić information content (AvgIpc) is 2.68. The predicted octanol–water partition coefficient (Wildman–Crippen LogP) is 2.54. The average molecular weight is 223 g/mol. The van der Waals surface area contributed by atoms with Crippen molar-refractivity contribution in [2.75, 3.05) is 0 Å². The van der Waals surface area contributed by atoms with Gasteiger partial charge in [-0.3, -0.25) is 4.98 Å². The van der Waals surface area contributed by atoms with Crippen molar-refractivity contribution in [1.29, 1.82) is 0 Å². The number of rotatable bonds is 1. The summed E-state index contributed by atoms with van der Waals surface area (Å²) < 4.78 is 5.16. The van der Waals surface area contributed by atoms with Gasteiger partial charge in [0.2, 0.25) is 0 Å². The number of benzene rings is 1. The van der Waals surface area contributed by atoms with Crippen molar-refractivity contribution in [3.8, 4) is 5.75 Å². The van der Waals surface area contributed by atoms with E-state index in [1.165, 1.54) is 0 Å². The molecule has 0 spiro atoms. The first-order valence-corrected chi connectivity index (χ1v) is 5.28. The molecule has 82 valence electrons. The highest BCUT2D eigenvalue weighted by molar-refractivity contribution is 6.25. The molecule has 0 saturated carbocycles. The van der Waals surface area contributed by atoms with Crippen molar-refractivity contribution in [2.45, 2.75) is 0 Å². The highest BCUT2D eigenvalue weighted by atomic mass is 16.5. The van der Waals surface area contributed by atoms with E-state index < -0.39 is 0 Å². The lowest BCUT2D eigenvalue weighted by atomic mass is 10.1. The van der Waals surface area contributed by atoms with Gasteiger partial charge in [0.25, 0.3) is 0 Å². The van der Waals surface area contributed by atoms with Gasteiger partial charge in [-0.2, -0.15) is 0 Å². The molecule has 3 rings (SSSR count). The summed E-state index contributed by atoms with van der Waals surface area (Å²) in [4.78, 5) is 15.7. The second-order valence-corrected chi connectivity index (χ2v) is 3.73. The standard InChI is InChI=1S/C14H9NO2/c16-14-12(8-10-4-3-7-15-9-10)11-5-1-2-6-13(11)17-14/h1-9H/b12-8-. The molecule has 0 amide bonds. The molecule has 2 heterocycles. The number of para-hydroxylation sites is 1. The van der Waals surface area contributed by atoms with Gasteiger partial charge >= 0.3 is 5.97 Å². The highest BCUT2D eigenvalue weighted by Crippen LogP contribution is 2.34. The molecule has 0 radical (unpaired) electrons. The third-order valence-corrected chi connectivity index (χ3v) is 2.60. The predicted molar refractivity (Wildman–Crippen MR) is 64.2 cm³/mol. The molecular formula is C14H9NO2. The van der Waals surface area contributed by atoms with Crippen LogP contribution in [-0.4, -0.2) is 11.0 Å². The monoisotopic (exact) mass is 223 g/mol. The van der Waals surface area contributed by atoms with E-state index in [0.29, 0.717) is 11.3 Å².